The van der Waals surface area contributed by atoms with Crippen LogP contribution in [0.4, 0.5) is 5.69 Å². The van der Waals surface area contributed by atoms with E-state index in [1.807, 2.05) is 19.1 Å². The van der Waals surface area contributed by atoms with E-state index in [9.17, 15) is 9.90 Å². The van der Waals surface area contributed by atoms with E-state index in [1.165, 1.54) is 10.7 Å². The molecule has 8 nitrogen and oxygen atoms in total. The molecule has 0 fully saturated rings. The number of rotatable bonds is 5. The number of aryl methyl sites for hydroxylation is 1. The van der Waals surface area contributed by atoms with Gasteiger partial charge in [-0.15, -0.1) is 0 Å². The van der Waals surface area contributed by atoms with E-state index >= 15 is 0 Å². The Morgan fingerprint density at radius 1 is 1.30 bits per heavy atom. The van der Waals surface area contributed by atoms with Gasteiger partial charge in [0.05, 0.1) is 24.0 Å². The molecule has 2 N–H and O–H groups in total. The van der Waals surface area contributed by atoms with Gasteiger partial charge < -0.3 is 10.4 Å². The topological polar surface area (TPSA) is 97.3 Å². The average Bonchev–Trinajstić information content (AvgIpc) is 3.23. The lowest BCUT2D eigenvalue weighted by molar-refractivity contribution is 0.0578. The molecule has 0 saturated carbocycles. The van der Waals surface area contributed by atoms with Gasteiger partial charge in [-0.2, -0.15) is 10.2 Å². The van der Waals surface area contributed by atoms with Crippen LogP contribution in [0.1, 0.15) is 29.8 Å². The largest absolute Gasteiger partial charge is 0.389 e. The lowest BCUT2D eigenvalue weighted by atomic mass is 10.1. The zero-order chi connectivity index (χ0) is 21.5. The lowest BCUT2D eigenvalue weighted by Crippen LogP contribution is -2.26. The Kier molecular flexibility index (Phi) is 5.05. The van der Waals surface area contributed by atoms with Gasteiger partial charge in [0.1, 0.15) is 11.3 Å². The number of carbonyl (C=O) groups is 1. The third kappa shape index (κ3) is 4.19. The Bertz CT molecular complexity index is 1220. The highest BCUT2D eigenvalue weighted by Crippen LogP contribution is 2.30. The minimum atomic E-state index is -0.971. The molecule has 154 valence electrons. The standard InChI is InChI=1S/C21H21ClN6O2/c1-13-7-14(9-15(22)8-13)18-17(11-27(26-18)12-21(2,3)30)25-20(29)16-10-24-28-6-4-5-23-19(16)28/h4-11,30H,12H2,1-3H3,(H,25,29). The van der Waals surface area contributed by atoms with Crippen molar-refractivity contribution < 1.29 is 9.90 Å². The van der Waals surface area contributed by atoms with Crippen molar-refractivity contribution in [1.29, 1.82) is 0 Å². The van der Waals surface area contributed by atoms with E-state index in [-0.39, 0.29) is 12.5 Å². The number of carbonyl (C=O) groups excluding carboxylic acids is 1. The van der Waals surface area contributed by atoms with Crippen LogP contribution in [0, 0.1) is 6.92 Å². The number of fused-ring (bicyclic) bond motifs is 1. The van der Waals surface area contributed by atoms with E-state index < -0.39 is 5.60 Å². The molecule has 0 bridgehead atoms. The Labute approximate surface area is 178 Å². The second kappa shape index (κ2) is 7.55. The maximum atomic E-state index is 13.0. The predicted molar refractivity (Wildman–Crippen MR) is 115 cm³/mol. The van der Waals surface area contributed by atoms with Gasteiger partial charge >= 0.3 is 0 Å². The smallest absolute Gasteiger partial charge is 0.261 e. The molecule has 0 atom stereocenters. The van der Waals surface area contributed by atoms with Crippen LogP contribution in [0.15, 0.2) is 49.1 Å². The van der Waals surface area contributed by atoms with Crippen molar-refractivity contribution in [1.82, 2.24) is 24.4 Å². The Balaban J connectivity index is 1.74. The molecule has 4 aromatic rings. The van der Waals surface area contributed by atoms with Gasteiger partial charge in [-0.25, -0.2) is 9.50 Å². The number of hydrogen-bond donors (Lipinski definition) is 2. The molecule has 0 spiro atoms. The fourth-order valence-electron chi connectivity index (χ4n) is 3.25. The number of aromatic nitrogens is 5. The Hall–Kier alpha value is -3.23. The summed E-state index contributed by atoms with van der Waals surface area (Å²) in [5.74, 6) is -0.355. The van der Waals surface area contributed by atoms with Crippen LogP contribution in [0.25, 0.3) is 16.9 Å². The molecule has 1 amide bonds. The van der Waals surface area contributed by atoms with Gasteiger partial charge in [0.2, 0.25) is 0 Å². The highest BCUT2D eigenvalue weighted by Gasteiger charge is 2.21. The van der Waals surface area contributed by atoms with Crippen molar-refractivity contribution in [2.45, 2.75) is 32.9 Å². The molecule has 9 heteroatoms. The van der Waals surface area contributed by atoms with Gasteiger partial charge in [0, 0.05) is 29.2 Å². The van der Waals surface area contributed by atoms with Crippen LogP contribution >= 0.6 is 11.6 Å². The zero-order valence-corrected chi connectivity index (χ0v) is 17.6. The normalized spacial score (nSPS) is 11.8. The van der Waals surface area contributed by atoms with E-state index in [2.05, 4.69) is 20.5 Å². The van der Waals surface area contributed by atoms with Crippen LogP contribution in [0.2, 0.25) is 5.02 Å². The lowest BCUT2D eigenvalue weighted by Gasteiger charge is -2.16. The van der Waals surface area contributed by atoms with Crippen molar-refractivity contribution in [3.63, 3.8) is 0 Å². The summed E-state index contributed by atoms with van der Waals surface area (Å²) in [5.41, 5.74) is 2.63. The Morgan fingerprint density at radius 3 is 2.83 bits per heavy atom. The monoisotopic (exact) mass is 424 g/mol. The first-order valence-corrected chi connectivity index (χ1v) is 9.74. The summed E-state index contributed by atoms with van der Waals surface area (Å²) in [6, 6.07) is 7.32. The number of hydrogen-bond acceptors (Lipinski definition) is 5. The Morgan fingerprint density at radius 2 is 2.10 bits per heavy atom. The van der Waals surface area contributed by atoms with Crippen LogP contribution in [-0.4, -0.2) is 41.0 Å². The second-order valence-electron chi connectivity index (χ2n) is 7.82. The van der Waals surface area contributed by atoms with Crippen LogP contribution in [0.5, 0.6) is 0 Å². The summed E-state index contributed by atoms with van der Waals surface area (Å²) >= 11 is 6.24. The SMILES string of the molecule is Cc1cc(Cl)cc(-c2nn(CC(C)(C)O)cc2NC(=O)c2cnn3cccnc23)c1. The molecule has 4 rings (SSSR count). The first kappa shape index (κ1) is 20.1. The predicted octanol–water partition coefficient (Wildman–Crippen LogP) is 3.58. The maximum absolute atomic E-state index is 13.0. The third-order valence-electron chi connectivity index (χ3n) is 4.40. The van der Waals surface area contributed by atoms with Crippen molar-refractivity contribution >= 4 is 28.8 Å². The zero-order valence-electron chi connectivity index (χ0n) is 16.8. The van der Waals surface area contributed by atoms with Crippen molar-refractivity contribution in [3.8, 4) is 11.3 Å². The molecule has 30 heavy (non-hydrogen) atoms. The molecular weight excluding hydrogens is 404 g/mol. The average molecular weight is 425 g/mol. The second-order valence-corrected chi connectivity index (χ2v) is 8.26. The molecule has 3 heterocycles. The summed E-state index contributed by atoms with van der Waals surface area (Å²) in [7, 11) is 0. The summed E-state index contributed by atoms with van der Waals surface area (Å²) in [4.78, 5) is 17.2. The van der Waals surface area contributed by atoms with Gasteiger partial charge in [-0.05, 0) is 50.6 Å². The molecule has 0 unspecified atom stereocenters. The van der Waals surface area contributed by atoms with Crippen LogP contribution < -0.4 is 5.32 Å². The van der Waals surface area contributed by atoms with E-state index in [1.54, 1.807) is 49.3 Å². The van der Waals surface area contributed by atoms with Crippen molar-refractivity contribution in [2.24, 2.45) is 0 Å². The van der Waals surface area contributed by atoms with Gasteiger partial charge in [-0.1, -0.05) is 11.6 Å². The summed E-state index contributed by atoms with van der Waals surface area (Å²) < 4.78 is 3.14. The molecule has 0 aliphatic heterocycles. The molecular formula is C21H21ClN6O2. The van der Waals surface area contributed by atoms with Gasteiger partial charge in [0.15, 0.2) is 5.65 Å². The van der Waals surface area contributed by atoms with Crippen LogP contribution in [0.3, 0.4) is 0 Å². The molecule has 3 aromatic heterocycles. The van der Waals surface area contributed by atoms with Crippen molar-refractivity contribution in [2.75, 3.05) is 5.32 Å². The number of nitrogens with zero attached hydrogens (tertiary/aromatic N) is 5. The fourth-order valence-corrected chi connectivity index (χ4v) is 3.54. The minimum absolute atomic E-state index is 0.258. The summed E-state index contributed by atoms with van der Waals surface area (Å²) in [5, 5.41) is 22.4. The first-order valence-electron chi connectivity index (χ1n) is 9.37. The number of aliphatic hydroxyl groups is 1. The number of nitrogens with one attached hydrogen (secondary N) is 1. The number of benzene rings is 1. The number of amides is 1. The van der Waals surface area contributed by atoms with Gasteiger partial charge in [-0.3, -0.25) is 9.48 Å². The summed E-state index contributed by atoms with van der Waals surface area (Å²) in [6.07, 6.45) is 6.50. The number of anilines is 1. The van der Waals surface area contributed by atoms with E-state index in [0.717, 1.165) is 11.1 Å². The first-order chi connectivity index (χ1) is 14.2. The molecule has 0 aliphatic carbocycles. The van der Waals surface area contributed by atoms with Crippen molar-refractivity contribution in [3.05, 3.63) is 65.2 Å². The molecule has 1 aromatic carbocycles. The molecule has 0 aliphatic rings. The van der Waals surface area contributed by atoms with E-state index in [0.29, 0.717) is 27.6 Å². The van der Waals surface area contributed by atoms with Crippen LogP contribution in [-0.2, 0) is 6.54 Å². The third-order valence-corrected chi connectivity index (χ3v) is 4.62. The number of halogens is 1. The fraction of sp³-hybridized carbons (Fsp3) is 0.238. The van der Waals surface area contributed by atoms with E-state index in [4.69, 9.17) is 11.6 Å². The highest BCUT2D eigenvalue weighted by atomic mass is 35.5. The summed E-state index contributed by atoms with van der Waals surface area (Å²) in [6.45, 7) is 5.58. The molecule has 0 radical (unpaired) electrons. The van der Waals surface area contributed by atoms with Gasteiger partial charge in [0.25, 0.3) is 5.91 Å². The maximum Gasteiger partial charge on any atom is 0.261 e. The highest BCUT2D eigenvalue weighted by molar-refractivity contribution is 6.31. The molecule has 0 saturated heterocycles. The quantitative estimate of drug-likeness (QED) is 0.510. The minimum Gasteiger partial charge on any atom is -0.389 e.